The van der Waals surface area contributed by atoms with E-state index >= 15 is 0 Å². The maximum Gasteiger partial charge on any atom is 0.203 e. The van der Waals surface area contributed by atoms with E-state index in [9.17, 15) is 4.79 Å². The van der Waals surface area contributed by atoms with Crippen molar-refractivity contribution in [2.45, 2.75) is 0 Å². The van der Waals surface area contributed by atoms with Gasteiger partial charge in [0, 0.05) is 17.7 Å². The van der Waals surface area contributed by atoms with Crippen molar-refractivity contribution in [1.82, 2.24) is 9.78 Å². The summed E-state index contributed by atoms with van der Waals surface area (Å²) in [5.74, 6) is 0.336. The van der Waals surface area contributed by atoms with Crippen LogP contribution in [0.15, 0.2) is 35.1 Å². The summed E-state index contributed by atoms with van der Waals surface area (Å²) in [5.41, 5.74) is 0.517. The van der Waals surface area contributed by atoms with E-state index in [0.717, 1.165) is 4.47 Å². The van der Waals surface area contributed by atoms with Gasteiger partial charge in [-0.3, -0.25) is 9.48 Å². The van der Waals surface area contributed by atoms with Crippen molar-refractivity contribution in [2.75, 3.05) is 6.61 Å². The van der Waals surface area contributed by atoms with E-state index in [2.05, 4.69) is 21.0 Å². The second-order valence-electron chi connectivity index (χ2n) is 3.69. The average molecular weight is 330 g/mol. The molecule has 1 aromatic carbocycles. The largest absolute Gasteiger partial charge is 0.484 e. The third-order valence-corrected chi connectivity index (χ3v) is 3.08. The fourth-order valence-electron chi connectivity index (χ4n) is 1.38. The molecule has 0 unspecified atom stereocenters. The highest BCUT2D eigenvalue weighted by Gasteiger charge is 2.10. The second-order valence-corrected chi connectivity index (χ2v) is 5.01. The van der Waals surface area contributed by atoms with Crippen LogP contribution in [0.25, 0.3) is 0 Å². The molecule has 0 amide bonds. The predicted octanol–water partition coefficient (Wildman–Crippen LogP) is 3.10. The summed E-state index contributed by atoms with van der Waals surface area (Å²) in [6, 6.07) is 5.23. The first-order chi connectivity index (χ1) is 8.56. The summed E-state index contributed by atoms with van der Waals surface area (Å²) in [6.45, 7) is -0.0676. The number of hydrogen-bond acceptors (Lipinski definition) is 3. The van der Waals surface area contributed by atoms with Crippen molar-refractivity contribution < 1.29 is 9.53 Å². The van der Waals surface area contributed by atoms with Crippen molar-refractivity contribution in [3.63, 3.8) is 0 Å². The summed E-state index contributed by atoms with van der Waals surface area (Å²) < 4.78 is 7.81. The molecule has 1 aromatic heterocycles. The normalized spacial score (nSPS) is 10.4. The van der Waals surface area contributed by atoms with Crippen LogP contribution >= 0.6 is 27.5 Å². The van der Waals surface area contributed by atoms with Crippen molar-refractivity contribution in [3.05, 3.63) is 45.7 Å². The van der Waals surface area contributed by atoms with Crippen LogP contribution in [0.5, 0.6) is 5.75 Å². The zero-order valence-corrected chi connectivity index (χ0v) is 11.9. The molecule has 18 heavy (non-hydrogen) atoms. The van der Waals surface area contributed by atoms with E-state index in [1.54, 1.807) is 36.1 Å². The Morgan fingerprint density at radius 3 is 3.00 bits per heavy atom. The molecule has 0 spiro atoms. The van der Waals surface area contributed by atoms with Crippen LogP contribution < -0.4 is 4.74 Å². The van der Waals surface area contributed by atoms with Gasteiger partial charge in [0.25, 0.3) is 0 Å². The van der Waals surface area contributed by atoms with Gasteiger partial charge in [0.05, 0.1) is 16.8 Å². The summed E-state index contributed by atoms with van der Waals surface area (Å²) in [5, 5.41) is 4.40. The van der Waals surface area contributed by atoms with Gasteiger partial charge in [-0.25, -0.2) is 0 Å². The Hall–Kier alpha value is -1.33. The van der Waals surface area contributed by atoms with Crippen LogP contribution in [-0.4, -0.2) is 22.2 Å². The minimum atomic E-state index is -0.140. The Balaban J connectivity index is 2.03. The van der Waals surface area contributed by atoms with E-state index in [0.29, 0.717) is 16.3 Å². The lowest BCUT2D eigenvalue weighted by Crippen LogP contribution is -2.11. The molecule has 0 radical (unpaired) electrons. The van der Waals surface area contributed by atoms with E-state index in [-0.39, 0.29) is 12.4 Å². The number of hydrogen-bond donors (Lipinski definition) is 0. The quantitative estimate of drug-likeness (QED) is 0.810. The van der Waals surface area contributed by atoms with Crippen molar-refractivity contribution >= 4 is 33.3 Å². The Morgan fingerprint density at radius 1 is 1.56 bits per heavy atom. The number of benzene rings is 1. The molecular formula is C12H10BrClN2O2. The van der Waals surface area contributed by atoms with Gasteiger partial charge >= 0.3 is 0 Å². The third kappa shape index (κ3) is 3.11. The standard InChI is InChI=1S/C12H10BrClN2O2/c1-16-6-8(5-15-16)11(17)7-18-12-4-9(13)2-3-10(12)14/h2-6H,7H2,1H3. The lowest BCUT2D eigenvalue weighted by Gasteiger charge is -2.06. The molecule has 0 atom stereocenters. The van der Waals surface area contributed by atoms with Gasteiger partial charge in [0.15, 0.2) is 6.61 Å². The SMILES string of the molecule is Cn1cc(C(=O)COc2cc(Br)ccc2Cl)cn1. The summed E-state index contributed by atoms with van der Waals surface area (Å²) in [4.78, 5) is 11.8. The van der Waals surface area contributed by atoms with Gasteiger partial charge in [-0.1, -0.05) is 27.5 Å². The molecule has 6 heteroatoms. The molecule has 0 aliphatic heterocycles. The smallest absolute Gasteiger partial charge is 0.203 e. The number of ether oxygens (including phenoxy) is 1. The fraction of sp³-hybridized carbons (Fsp3) is 0.167. The number of carbonyl (C=O) groups is 1. The molecule has 0 fully saturated rings. The Morgan fingerprint density at radius 2 is 2.33 bits per heavy atom. The highest BCUT2D eigenvalue weighted by atomic mass is 79.9. The summed E-state index contributed by atoms with van der Waals surface area (Å²) >= 11 is 9.27. The molecule has 2 aromatic rings. The Labute approximate surface area is 118 Å². The van der Waals surface area contributed by atoms with Crippen LogP contribution in [-0.2, 0) is 7.05 Å². The summed E-state index contributed by atoms with van der Waals surface area (Å²) in [6.07, 6.45) is 3.16. The van der Waals surface area contributed by atoms with E-state index in [1.165, 1.54) is 6.20 Å². The molecule has 1 heterocycles. The Kier molecular flexibility index (Phi) is 4.04. The van der Waals surface area contributed by atoms with Gasteiger partial charge in [-0.2, -0.15) is 5.10 Å². The Bertz CT molecular complexity index is 583. The molecule has 94 valence electrons. The zero-order chi connectivity index (χ0) is 13.1. The van der Waals surface area contributed by atoms with Crippen molar-refractivity contribution in [3.8, 4) is 5.75 Å². The van der Waals surface area contributed by atoms with Crippen LogP contribution in [0.4, 0.5) is 0 Å². The number of ketones is 1. The highest BCUT2D eigenvalue weighted by molar-refractivity contribution is 9.10. The number of carbonyl (C=O) groups excluding carboxylic acids is 1. The zero-order valence-electron chi connectivity index (χ0n) is 9.56. The molecule has 0 saturated carbocycles. The van der Waals surface area contributed by atoms with Gasteiger partial charge in [-0.05, 0) is 18.2 Å². The van der Waals surface area contributed by atoms with Crippen LogP contribution in [0, 0.1) is 0 Å². The molecule has 4 nitrogen and oxygen atoms in total. The molecule has 0 saturated heterocycles. The first kappa shape index (κ1) is 13.1. The number of aromatic nitrogens is 2. The topological polar surface area (TPSA) is 44.1 Å². The lowest BCUT2D eigenvalue weighted by molar-refractivity contribution is 0.0921. The van der Waals surface area contributed by atoms with Gasteiger partial charge in [-0.15, -0.1) is 0 Å². The molecule has 0 aliphatic rings. The van der Waals surface area contributed by atoms with Crippen molar-refractivity contribution in [1.29, 1.82) is 0 Å². The second kappa shape index (κ2) is 5.54. The average Bonchev–Trinajstić information content (AvgIpc) is 2.77. The lowest BCUT2D eigenvalue weighted by atomic mass is 10.2. The van der Waals surface area contributed by atoms with Gasteiger partial charge in [0.1, 0.15) is 5.75 Å². The maximum atomic E-state index is 11.8. The molecule has 0 aliphatic carbocycles. The monoisotopic (exact) mass is 328 g/mol. The number of rotatable bonds is 4. The highest BCUT2D eigenvalue weighted by Crippen LogP contribution is 2.27. The molecule has 0 N–H and O–H groups in total. The molecule has 2 rings (SSSR count). The first-order valence-electron chi connectivity index (χ1n) is 5.16. The maximum absolute atomic E-state index is 11.8. The molecular weight excluding hydrogens is 320 g/mol. The van der Waals surface area contributed by atoms with Crippen LogP contribution in [0.3, 0.4) is 0 Å². The van der Waals surface area contributed by atoms with Gasteiger partial charge < -0.3 is 4.74 Å². The number of aryl methyl sites for hydroxylation is 1. The number of nitrogens with zero attached hydrogens (tertiary/aromatic N) is 2. The van der Waals surface area contributed by atoms with E-state index in [1.807, 2.05) is 0 Å². The van der Waals surface area contributed by atoms with E-state index in [4.69, 9.17) is 16.3 Å². The van der Waals surface area contributed by atoms with Gasteiger partial charge in [0.2, 0.25) is 5.78 Å². The first-order valence-corrected chi connectivity index (χ1v) is 6.33. The predicted molar refractivity (Wildman–Crippen MR) is 72.2 cm³/mol. The van der Waals surface area contributed by atoms with Crippen LogP contribution in [0.1, 0.15) is 10.4 Å². The minimum absolute atomic E-state index is 0.0676. The van der Waals surface area contributed by atoms with Crippen molar-refractivity contribution in [2.24, 2.45) is 7.05 Å². The minimum Gasteiger partial charge on any atom is -0.484 e. The third-order valence-electron chi connectivity index (χ3n) is 2.28. The number of Topliss-reactive ketones (excluding diaryl/α,β-unsaturated/α-hetero) is 1. The fourth-order valence-corrected chi connectivity index (χ4v) is 1.89. The van der Waals surface area contributed by atoms with Crippen LogP contribution in [0.2, 0.25) is 5.02 Å². The number of halogens is 2. The molecule has 0 bridgehead atoms. The van der Waals surface area contributed by atoms with E-state index < -0.39 is 0 Å². The summed E-state index contributed by atoms with van der Waals surface area (Å²) in [7, 11) is 1.75.